The Bertz CT molecular complexity index is 949. The van der Waals surface area contributed by atoms with Crippen LogP contribution in [-0.2, 0) is 9.53 Å². The summed E-state index contributed by atoms with van der Waals surface area (Å²) in [5.74, 6) is -0.243. The molecule has 9 heteroatoms. The van der Waals surface area contributed by atoms with Gasteiger partial charge in [-0.25, -0.2) is 9.78 Å². The number of halogens is 1. The van der Waals surface area contributed by atoms with E-state index in [9.17, 15) is 9.59 Å². The van der Waals surface area contributed by atoms with Gasteiger partial charge in [0.15, 0.2) is 5.69 Å². The van der Waals surface area contributed by atoms with Crippen LogP contribution in [-0.4, -0.2) is 33.2 Å². The Balaban J connectivity index is 2.01. The minimum Gasteiger partial charge on any atom is -0.461 e. The topological polar surface area (TPSA) is 86.1 Å². The van der Waals surface area contributed by atoms with Crippen molar-refractivity contribution in [2.24, 2.45) is 0 Å². The summed E-state index contributed by atoms with van der Waals surface area (Å²) in [7, 11) is 0. The molecule has 0 aliphatic carbocycles. The molecule has 7 nitrogen and oxygen atoms in total. The number of hydrogen-bond donors (Lipinski definition) is 1. The molecule has 3 rings (SSSR count). The minimum atomic E-state index is -0.489. The number of ether oxygens (including phenoxy) is 1. The van der Waals surface area contributed by atoms with Gasteiger partial charge in [0.1, 0.15) is 5.82 Å². The first kappa shape index (κ1) is 18.3. The van der Waals surface area contributed by atoms with Gasteiger partial charge in [0.25, 0.3) is 0 Å². The van der Waals surface area contributed by atoms with Crippen molar-refractivity contribution >= 4 is 45.0 Å². The standard InChI is InChI=1S/C17H15BrN4O3S/c1-3-25-16(24)14-9-26-17(20-14)22-15(19-10(2)23)8-13(21-22)11-4-6-12(18)7-5-11/h4-9H,3H2,1-2H3,(H,19,23). The van der Waals surface area contributed by atoms with Gasteiger partial charge < -0.3 is 10.1 Å². The molecular weight excluding hydrogens is 420 g/mol. The first-order chi connectivity index (χ1) is 12.5. The number of amides is 1. The summed E-state index contributed by atoms with van der Waals surface area (Å²) in [5, 5.41) is 9.34. The SMILES string of the molecule is CCOC(=O)c1csc(-n2nc(-c3ccc(Br)cc3)cc2NC(C)=O)n1. The molecule has 0 saturated heterocycles. The highest BCUT2D eigenvalue weighted by atomic mass is 79.9. The predicted molar refractivity (Wildman–Crippen MR) is 103 cm³/mol. The average molecular weight is 435 g/mol. The van der Waals surface area contributed by atoms with Crippen molar-refractivity contribution < 1.29 is 14.3 Å². The molecule has 26 heavy (non-hydrogen) atoms. The molecule has 1 aromatic carbocycles. The summed E-state index contributed by atoms with van der Waals surface area (Å²) in [5.41, 5.74) is 1.77. The van der Waals surface area contributed by atoms with Crippen molar-refractivity contribution in [1.82, 2.24) is 14.8 Å². The van der Waals surface area contributed by atoms with Gasteiger partial charge >= 0.3 is 5.97 Å². The molecule has 0 saturated carbocycles. The van der Waals surface area contributed by atoms with Crippen LogP contribution in [0.5, 0.6) is 0 Å². The van der Waals surface area contributed by atoms with E-state index in [-0.39, 0.29) is 18.2 Å². The number of aromatic nitrogens is 3. The third-order valence-corrected chi connectivity index (χ3v) is 4.66. The lowest BCUT2D eigenvalue weighted by Crippen LogP contribution is -2.11. The largest absolute Gasteiger partial charge is 0.461 e. The van der Waals surface area contributed by atoms with Gasteiger partial charge in [-0.05, 0) is 19.1 Å². The number of nitrogens with one attached hydrogen (secondary N) is 1. The van der Waals surface area contributed by atoms with Gasteiger partial charge in [-0.1, -0.05) is 28.1 Å². The van der Waals surface area contributed by atoms with Crippen LogP contribution in [0.25, 0.3) is 16.4 Å². The zero-order chi connectivity index (χ0) is 18.7. The van der Waals surface area contributed by atoms with E-state index in [0.29, 0.717) is 16.6 Å². The first-order valence-electron chi connectivity index (χ1n) is 7.74. The van der Waals surface area contributed by atoms with Crippen LogP contribution in [0.2, 0.25) is 0 Å². The fourth-order valence-electron chi connectivity index (χ4n) is 2.22. The molecule has 0 aliphatic heterocycles. The van der Waals surface area contributed by atoms with E-state index in [1.54, 1.807) is 18.4 Å². The van der Waals surface area contributed by atoms with Crippen molar-refractivity contribution in [3.8, 4) is 16.4 Å². The maximum Gasteiger partial charge on any atom is 0.357 e. The van der Waals surface area contributed by atoms with Crippen LogP contribution < -0.4 is 5.32 Å². The Morgan fingerprint density at radius 3 is 2.69 bits per heavy atom. The molecule has 0 atom stereocenters. The minimum absolute atomic E-state index is 0.210. The molecule has 0 unspecified atom stereocenters. The summed E-state index contributed by atoms with van der Waals surface area (Å²) in [6, 6.07) is 9.42. The van der Waals surface area contributed by atoms with Gasteiger partial charge in [0.05, 0.1) is 12.3 Å². The lowest BCUT2D eigenvalue weighted by atomic mass is 10.1. The predicted octanol–water partition coefficient (Wildman–Crippen LogP) is 3.89. The van der Waals surface area contributed by atoms with E-state index < -0.39 is 5.97 Å². The van der Waals surface area contributed by atoms with E-state index in [2.05, 4.69) is 31.3 Å². The van der Waals surface area contributed by atoms with Gasteiger partial charge in [0.2, 0.25) is 11.0 Å². The molecule has 0 aliphatic rings. The number of rotatable bonds is 5. The summed E-state index contributed by atoms with van der Waals surface area (Å²) >= 11 is 4.64. The van der Waals surface area contributed by atoms with Gasteiger partial charge in [-0.2, -0.15) is 9.78 Å². The Morgan fingerprint density at radius 2 is 2.04 bits per heavy atom. The van der Waals surface area contributed by atoms with E-state index in [1.807, 2.05) is 24.3 Å². The van der Waals surface area contributed by atoms with Gasteiger partial charge in [-0.15, -0.1) is 11.3 Å². The van der Waals surface area contributed by atoms with E-state index >= 15 is 0 Å². The van der Waals surface area contributed by atoms with E-state index in [4.69, 9.17) is 4.74 Å². The molecule has 1 amide bonds. The number of hydrogen-bond acceptors (Lipinski definition) is 6. The van der Waals surface area contributed by atoms with Crippen molar-refractivity contribution in [3.05, 3.63) is 45.9 Å². The highest BCUT2D eigenvalue weighted by Gasteiger charge is 2.18. The fraction of sp³-hybridized carbons (Fsp3) is 0.176. The highest BCUT2D eigenvalue weighted by molar-refractivity contribution is 9.10. The van der Waals surface area contributed by atoms with E-state index in [0.717, 1.165) is 10.0 Å². The van der Waals surface area contributed by atoms with Gasteiger partial charge in [-0.3, -0.25) is 4.79 Å². The highest BCUT2D eigenvalue weighted by Crippen LogP contribution is 2.27. The normalized spacial score (nSPS) is 10.6. The molecular formula is C17H15BrN4O3S. The molecule has 1 N–H and O–H groups in total. The number of benzene rings is 1. The number of carbonyl (C=O) groups is 2. The smallest absolute Gasteiger partial charge is 0.357 e. The second-order valence-corrected chi connectivity index (χ2v) is 7.00. The number of nitrogens with zero attached hydrogens (tertiary/aromatic N) is 3. The fourth-order valence-corrected chi connectivity index (χ4v) is 3.24. The zero-order valence-corrected chi connectivity index (χ0v) is 16.4. The Kier molecular flexibility index (Phi) is 5.48. The molecule has 2 aromatic heterocycles. The van der Waals surface area contributed by atoms with Crippen LogP contribution in [0.1, 0.15) is 24.3 Å². The molecule has 0 spiro atoms. The zero-order valence-electron chi connectivity index (χ0n) is 14.0. The molecule has 0 fully saturated rings. The number of esters is 1. The number of anilines is 1. The van der Waals surface area contributed by atoms with E-state index in [1.165, 1.54) is 22.9 Å². The Morgan fingerprint density at radius 1 is 1.31 bits per heavy atom. The lowest BCUT2D eigenvalue weighted by molar-refractivity contribution is -0.114. The van der Waals surface area contributed by atoms with Gasteiger partial charge in [0, 0.05) is 28.4 Å². The van der Waals surface area contributed by atoms with Crippen LogP contribution in [0.3, 0.4) is 0 Å². The molecule has 2 heterocycles. The average Bonchev–Trinajstić information content (AvgIpc) is 3.22. The third kappa shape index (κ3) is 4.00. The van der Waals surface area contributed by atoms with Crippen LogP contribution in [0, 0.1) is 0 Å². The summed E-state index contributed by atoms with van der Waals surface area (Å²) in [6.45, 7) is 3.43. The van der Waals surface area contributed by atoms with Crippen molar-refractivity contribution in [2.45, 2.75) is 13.8 Å². The first-order valence-corrected chi connectivity index (χ1v) is 9.42. The number of carbonyl (C=O) groups excluding carboxylic acids is 2. The summed E-state index contributed by atoms with van der Waals surface area (Å²) in [4.78, 5) is 27.6. The Labute approximate surface area is 162 Å². The van der Waals surface area contributed by atoms with Crippen molar-refractivity contribution in [1.29, 1.82) is 0 Å². The maximum absolute atomic E-state index is 11.8. The Hall–Kier alpha value is -2.52. The number of thiazole rings is 1. The second kappa shape index (κ2) is 7.79. The third-order valence-electron chi connectivity index (χ3n) is 3.31. The molecule has 134 valence electrons. The summed E-state index contributed by atoms with van der Waals surface area (Å²) < 4.78 is 7.43. The molecule has 3 aromatic rings. The molecule has 0 radical (unpaired) electrons. The lowest BCUT2D eigenvalue weighted by Gasteiger charge is -2.03. The second-order valence-electron chi connectivity index (χ2n) is 5.25. The van der Waals surface area contributed by atoms with Crippen molar-refractivity contribution in [3.63, 3.8) is 0 Å². The molecule has 0 bridgehead atoms. The monoisotopic (exact) mass is 434 g/mol. The maximum atomic E-state index is 11.8. The van der Waals surface area contributed by atoms with Crippen LogP contribution >= 0.6 is 27.3 Å². The summed E-state index contributed by atoms with van der Waals surface area (Å²) in [6.07, 6.45) is 0. The van der Waals surface area contributed by atoms with Crippen LogP contribution in [0.15, 0.2) is 40.2 Å². The van der Waals surface area contributed by atoms with Crippen LogP contribution in [0.4, 0.5) is 5.82 Å². The van der Waals surface area contributed by atoms with Crippen molar-refractivity contribution in [2.75, 3.05) is 11.9 Å². The quantitative estimate of drug-likeness (QED) is 0.615.